The molecule has 2 N–H and O–H groups in total. The molecular formula is C13H19ClN2O3S. The second-order valence-corrected chi connectivity index (χ2v) is 6.86. The lowest BCUT2D eigenvalue weighted by atomic mass is 10.1. The number of sulfonamides is 1. The van der Waals surface area contributed by atoms with E-state index in [2.05, 4.69) is 4.90 Å². The molecule has 112 valence electrons. The highest BCUT2D eigenvalue weighted by Crippen LogP contribution is 2.26. The summed E-state index contributed by atoms with van der Waals surface area (Å²) in [6, 6.07) is 4.25. The minimum Gasteiger partial charge on any atom is -0.491 e. The van der Waals surface area contributed by atoms with Gasteiger partial charge in [-0.05, 0) is 44.1 Å². The summed E-state index contributed by atoms with van der Waals surface area (Å²) in [5.41, 5.74) is 0. The van der Waals surface area contributed by atoms with E-state index in [0.717, 1.165) is 19.6 Å². The predicted octanol–water partition coefficient (Wildman–Crippen LogP) is 1.85. The summed E-state index contributed by atoms with van der Waals surface area (Å²) in [6.45, 7) is 3.62. The second kappa shape index (κ2) is 6.76. The average Bonchev–Trinajstić information content (AvgIpc) is 2.40. The van der Waals surface area contributed by atoms with E-state index in [1.54, 1.807) is 0 Å². The third-order valence-electron chi connectivity index (χ3n) is 3.35. The molecule has 1 saturated heterocycles. The van der Waals surface area contributed by atoms with Gasteiger partial charge in [-0.2, -0.15) is 0 Å². The number of likely N-dealkylation sites (tertiary alicyclic amines) is 1. The van der Waals surface area contributed by atoms with Gasteiger partial charge in [0.1, 0.15) is 12.4 Å². The molecule has 0 atom stereocenters. The number of ether oxygens (including phenoxy) is 1. The monoisotopic (exact) mass is 318 g/mol. The zero-order chi connectivity index (χ0) is 14.6. The normalized spacial score (nSPS) is 17.1. The first-order chi connectivity index (χ1) is 9.47. The van der Waals surface area contributed by atoms with Crippen molar-refractivity contribution >= 4 is 21.6 Å². The number of nitrogens with two attached hydrogens (primary N) is 1. The molecule has 7 heteroatoms. The van der Waals surface area contributed by atoms with E-state index < -0.39 is 10.0 Å². The highest BCUT2D eigenvalue weighted by Gasteiger charge is 2.12. The van der Waals surface area contributed by atoms with Crippen molar-refractivity contribution in [2.75, 3.05) is 26.2 Å². The van der Waals surface area contributed by atoms with Crippen LogP contribution in [0.1, 0.15) is 19.3 Å². The van der Waals surface area contributed by atoms with Gasteiger partial charge in [-0.3, -0.25) is 4.90 Å². The van der Waals surface area contributed by atoms with Crippen LogP contribution >= 0.6 is 11.6 Å². The van der Waals surface area contributed by atoms with Crippen molar-refractivity contribution in [3.8, 4) is 5.75 Å². The summed E-state index contributed by atoms with van der Waals surface area (Å²) >= 11 is 6.00. The maximum atomic E-state index is 11.2. The number of primary sulfonamides is 1. The summed E-state index contributed by atoms with van der Waals surface area (Å²) in [5, 5.41) is 5.30. The van der Waals surface area contributed by atoms with E-state index in [-0.39, 0.29) is 9.92 Å². The lowest BCUT2D eigenvalue weighted by molar-refractivity contribution is 0.183. The first-order valence-corrected chi connectivity index (χ1v) is 8.57. The van der Waals surface area contributed by atoms with Crippen LogP contribution in [0.2, 0.25) is 5.02 Å². The van der Waals surface area contributed by atoms with Crippen LogP contribution in [0.15, 0.2) is 23.1 Å². The van der Waals surface area contributed by atoms with Crippen LogP contribution in [0, 0.1) is 0 Å². The zero-order valence-electron chi connectivity index (χ0n) is 11.2. The van der Waals surface area contributed by atoms with Gasteiger partial charge in [-0.25, -0.2) is 13.6 Å². The Kier molecular flexibility index (Phi) is 5.26. The Morgan fingerprint density at radius 2 is 1.95 bits per heavy atom. The third kappa shape index (κ3) is 4.34. The maximum absolute atomic E-state index is 11.2. The van der Waals surface area contributed by atoms with Crippen molar-refractivity contribution in [3.63, 3.8) is 0 Å². The molecule has 1 aliphatic rings. The SMILES string of the molecule is NS(=O)(=O)c1ccc(OCCN2CCCCC2)c(Cl)c1. The molecule has 1 aromatic rings. The number of nitrogens with zero attached hydrogens (tertiary/aromatic N) is 1. The molecule has 20 heavy (non-hydrogen) atoms. The smallest absolute Gasteiger partial charge is 0.238 e. The number of piperidine rings is 1. The molecule has 5 nitrogen and oxygen atoms in total. The summed E-state index contributed by atoms with van der Waals surface area (Å²) < 4.78 is 28.0. The van der Waals surface area contributed by atoms with Crippen molar-refractivity contribution in [1.82, 2.24) is 4.90 Å². The van der Waals surface area contributed by atoms with Gasteiger partial charge in [-0.1, -0.05) is 18.0 Å². The Labute approximate surface area is 124 Å². The molecular weight excluding hydrogens is 300 g/mol. The molecule has 0 radical (unpaired) electrons. The molecule has 1 aliphatic heterocycles. The first-order valence-electron chi connectivity index (χ1n) is 6.64. The van der Waals surface area contributed by atoms with E-state index >= 15 is 0 Å². The van der Waals surface area contributed by atoms with Crippen molar-refractivity contribution in [2.45, 2.75) is 24.2 Å². The Hall–Kier alpha value is -0.820. The van der Waals surface area contributed by atoms with E-state index in [4.69, 9.17) is 21.5 Å². The molecule has 2 rings (SSSR count). The number of hydrogen-bond donors (Lipinski definition) is 1. The Balaban J connectivity index is 1.90. The van der Waals surface area contributed by atoms with E-state index in [0.29, 0.717) is 12.4 Å². The van der Waals surface area contributed by atoms with Crippen LogP contribution in [-0.4, -0.2) is 39.6 Å². The van der Waals surface area contributed by atoms with E-state index in [9.17, 15) is 8.42 Å². The molecule has 0 saturated carbocycles. The Bertz CT molecular complexity index is 557. The van der Waals surface area contributed by atoms with Crippen molar-refractivity contribution in [3.05, 3.63) is 23.2 Å². The van der Waals surface area contributed by atoms with Gasteiger partial charge < -0.3 is 4.74 Å². The maximum Gasteiger partial charge on any atom is 0.238 e. The molecule has 0 aliphatic carbocycles. The molecule has 1 fully saturated rings. The van der Waals surface area contributed by atoms with Crippen molar-refractivity contribution in [1.29, 1.82) is 0 Å². The number of halogens is 1. The molecule has 1 heterocycles. The van der Waals surface area contributed by atoms with Gasteiger partial charge >= 0.3 is 0 Å². The lowest BCUT2D eigenvalue weighted by Gasteiger charge is -2.26. The lowest BCUT2D eigenvalue weighted by Crippen LogP contribution is -2.33. The number of benzene rings is 1. The van der Waals surface area contributed by atoms with Crippen LogP contribution < -0.4 is 9.88 Å². The summed E-state index contributed by atoms with van der Waals surface area (Å²) in [5.74, 6) is 0.482. The molecule has 0 amide bonds. The van der Waals surface area contributed by atoms with Crippen LogP contribution in [-0.2, 0) is 10.0 Å². The highest BCUT2D eigenvalue weighted by molar-refractivity contribution is 7.89. The van der Waals surface area contributed by atoms with Gasteiger partial charge in [0, 0.05) is 6.54 Å². The predicted molar refractivity (Wildman–Crippen MR) is 78.6 cm³/mol. The fraction of sp³-hybridized carbons (Fsp3) is 0.538. The molecule has 0 aromatic heterocycles. The molecule has 1 aromatic carbocycles. The highest BCUT2D eigenvalue weighted by atomic mass is 35.5. The molecule has 0 unspecified atom stereocenters. The van der Waals surface area contributed by atoms with Crippen LogP contribution in [0.4, 0.5) is 0 Å². The average molecular weight is 319 g/mol. The third-order valence-corrected chi connectivity index (χ3v) is 4.55. The minimum absolute atomic E-state index is 0.00844. The van der Waals surface area contributed by atoms with E-state index in [1.165, 1.54) is 37.5 Å². The summed E-state index contributed by atoms with van der Waals surface area (Å²) in [6.07, 6.45) is 3.78. The summed E-state index contributed by atoms with van der Waals surface area (Å²) in [7, 11) is -3.73. The first kappa shape index (κ1) is 15.6. The van der Waals surface area contributed by atoms with Gasteiger partial charge in [0.05, 0.1) is 9.92 Å². The fourth-order valence-corrected chi connectivity index (χ4v) is 3.08. The molecule has 0 bridgehead atoms. The largest absolute Gasteiger partial charge is 0.491 e. The standard InChI is InChI=1S/C13H19ClN2O3S/c14-12-10-11(20(15,17)18)4-5-13(12)19-9-8-16-6-2-1-3-7-16/h4-5,10H,1-3,6-9H2,(H2,15,17,18). The topological polar surface area (TPSA) is 72.6 Å². The van der Waals surface area contributed by atoms with Crippen molar-refractivity contribution in [2.24, 2.45) is 5.14 Å². The number of rotatable bonds is 5. The fourth-order valence-electron chi connectivity index (χ4n) is 2.24. The van der Waals surface area contributed by atoms with Gasteiger partial charge in [-0.15, -0.1) is 0 Å². The van der Waals surface area contributed by atoms with Crippen molar-refractivity contribution < 1.29 is 13.2 Å². The van der Waals surface area contributed by atoms with Gasteiger partial charge in [0.15, 0.2) is 0 Å². The van der Waals surface area contributed by atoms with Crippen LogP contribution in [0.25, 0.3) is 0 Å². The number of hydrogen-bond acceptors (Lipinski definition) is 4. The Morgan fingerprint density at radius 1 is 1.25 bits per heavy atom. The summed E-state index contributed by atoms with van der Waals surface area (Å²) in [4.78, 5) is 2.35. The van der Waals surface area contributed by atoms with Gasteiger partial charge in [0.2, 0.25) is 10.0 Å². The zero-order valence-corrected chi connectivity index (χ0v) is 12.8. The molecule has 0 spiro atoms. The van der Waals surface area contributed by atoms with Crippen LogP contribution in [0.3, 0.4) is 0 Å². The Morgan fingerprint density at radius 3 is 2.55 bits per heavy atom. The quantitative estimate of drug-likeness (QED) is 0.899. The van der Waals surface area contributed by atoms with E-state index in [1.807, 2.05) is 0 Å². The minimum atomic E-state index is -3.73. The van der Waals surface area contributed by atoms with Gasteiger partial charge in [0.25, 0.3) is 0 Å². The second-order valence-electron chi connectivity index (χ2n) is 4.89. The van der Waals surface area contributed by atoms with Crippen LogP contribution in [0.5, 0.6) is 5.75 Å².